The Bertz CT molecular complexity index is 1190. The summed E-state index contributed by atoms with van der Waals surface area (Å²) in [4.78, 5) is 22.0. The van der Waals surface area contributed by atoms with Crippen molar-refractivity contribution in [1.82, 2.24) is 9.97 Å². The molecule has 1 N–H and O–H groups in total. The molecule has 0 aliphatic carbocycles. The first-order valence-electron chi connectivity index (χ1n) is 8.77. The molecule has 0 saturated heterocycles. The Morgan fingerprint density at radius 2 is 1.86 bits per heavy atom. The van der Waals surface area contributed by atoms with Crippen LogP contribution in [0.2, 0.25) is 0 Å². The third kappa shape index (κ3) is 3.16. The lowest BCUT2D eigenvalue weighted by Gasteiger charge is -2.18. The Morgan fingerprint density at radius 3 is 2.79 bits per heavy atom. The van der Waals surface area contributed by atoms with Crippen molar-refractivity contribution >= 4 is 33.1 Å². The maximum Gasteiger partial charge on any atom is 0.257 e. The van der Waals surface area contributed by atoms with E-state index in [1.807, 2.05) is 24.4 Å². The number of fused-ring (bicyclic) bond motifs is 2. The summed E-state index contributed by atoms with van der Waals surface area (Å²) in [7, 11) is 0. The van der Waals surface area contributed by atoms with Gasteiger partial charge in [0.15, 0.2) is 16.6 Å². The highest BCUT2D eigenvalue weighted by Crippen LogP contribution is 2.33. The van der Waals surface area contributed by atoms with Crippen LogP contribution in [0, 0.1) is 0 Å². The fourth-order valence-electron chi connectivity index (χ4n) is 3.06. The van der Waals surface area contributed by atoms with Gasteiger partial charge in [-0.1, -0.05) is 23.5 Å². The monoisotopic (exact) mass is 389 g/mol. The van der Waals surface area contributed by atoms with Gasteiger partial charge in [-0.15, -0.1) is 0 Å². The molecular weight excluding hydrogens is 374 g/mol. The summed E-state index contributed by atoms with van der Waals surface area (Å²) in [6.07, 6.45) is 5.38. The summed E-state index contributed by atoms with van der Waals surface area (Å²) in [6, 6.07) is 13.3. The van der Waals surface area contributed by atoms with E-state index in [1.54, 1.807) is 30.6 Å². The Hall–Kier alpha value is -3.45. The predicted octanol–water partition coefficient (Wildman–Crippen LogP) is 4.38. The number of carbonyl (C=O) groups excluding carboxylic acids is 1. The number of hydrogen-bond donors (Lipinski definition) is 1. The van der Waals surface area contributed by atoms with Crippen LogP contribution < -0.4 is 14.8 Å². The molecule has 7 heteroatoms. The maximum absolute atomic E-state index is 12.6. The molecule has 0 radical (unpaired) electrons. The number of rotatable bonds is 3. The topological polar surface area (TPSA) is 73.3 Å². The number of carbonyl (C=O) groups is 1. The summed E-state index contributed by atoms with van der Waals surface area (Å²) in [5, 5.41) is 5.60. The van der Waals surface area contributed by atoms with Crippen LogP contribution in [-0.2, 0) is 0 Å². The van der Waals surface area contributed by atoms with Gasteiger partial charge in [0.05, 0.1) is 4.88 Å². The Labute approximate surface area is 164 Å². The van der Waals surface area contributed by atoms with Crippen molar-refractivity contribution in [2.75, 3.05) is 18.5 Å². The van der Waals surface area contributed by atoms with Crippen molar-refractivity contribution in [3.63, 3.8) is 0 Å². The van der Waals surface area contributed by atoms with Crippen LogP contribution in [0.3, 0.4) is 0 Å². The van der Waals surface area contributed by atoms with Crippen LogP contribution in [-0.4, -0.2) is 29.1 Å². The largest absolute Gasteiger partial charge is 0.486 e. The molecule has 1 amide bonds. The number of benzene rings is 2. The number of anilines is 1. The lowest BCUT2D eigenvalue weighted by Crippen LogP contribution is -2.17. The van der Waals surface area contributed by atoms with E-state index < -0.39 is 0 Å². The number of pyridine rings is 1. The van der Waals surface area contributed by atoms with Gasteiger partial charge in [-0.2, -0.15) is 0 Å². The average molecular weight is 389 g/mol. The fraction of sp³-hybridized carbons (Fsp3) is 0.0952. The number of ether oxygens (including phenoxy) is 2. The highest BCUT2D eigenvalue weighted by atomic mass is 32.1. The zero-order valence-corrected chi connectivity index (χ0v) is 15.5. The molecule has 3 heterocycles. The third-order valence-electron chi connectivity index (χ3n) is 4.46. The zero-order chi connectivity index (χ0) is 18.9. The Kier molecular flexibility index (Phi) is 4.14. The summed E-state index contributed by atoms with van der Waals surface area (Å²) in [5.74, 6) is 1.01. The van der Waals surface area contributed by atoms with Crippen LogP contribution in [0.1, 0.15) is 10.4 Å². The molecule has 0 atom stereocenters. The number of nitrogens with zero attached hydrogens (tertiary/aromatic N) is 2. The van der Waals surface area contributed by atoms with Crippen LogP contribution in [0.15, 0.2) is 61.1 Å². The van der Waals surface area contributed by atoms with E-state index >= 15 is 0 Å². The smallest absolute Gasteiger partial charge is 0.257 e. The summed E-state index contributed by atoms with van der Waals surface area (Å²) < 4.78 is 11.0. The molecule has 1 aliphatic rings. The standard InChI is InChI=1S/C21H15N3O3S/c25-20(15-3-4-17-18(10-15)27-8-7-26-17)24-21-23-12-19(28-21)14-1-2-16-11-22-6-5-13(16)9-14/h1-6,9-12H,7-8H2,(H,23,24,25). The number of amides is 1. The number of thiazole rings is 1. The second-order valence-electron chi connectivity index (χ2n) is 6.28. The molecule has 138 valence electrons. The van der Waals surface area contributed by atoms with E-state index in [9.17, 15) is 4.79 Å². The van der Waals surface area contributed by atoms with Crippen LogP contribution in [0.25, 0.3) is 21.2 Å². The molecule has 5 rings (SSSR count). The van der Waals surface area contributed by atoms with Crippen molar-refractivity contribution in [1.29, 1.82) is 0 Å². The van der Waals surface area contributed by atoms with Crippen molar-refractivity contribution < 1.29 is 14.3 Å². The van der Waals surface area contributed by atoms with E-state index in [0.717, 1.165) is 21.2 Å². The maximum atomic E-state index is 12.6. The van der Waals surface area contributed by atoms with Crippen LogP contribution >= 0.6 is 11.3 Å². The Morgan fingerprint density at radius 1 is 0.964 bits per heavy atom. The lowest BCUT2D eigenvalue weighted by atomic mass is 10.1. The normalized spacial score (nSPS) is 12.7. The molecule has 2 aromatic heterocycles. The van der Waals surface area contributed by atoms with Gasteiger partial charge in [-0.25, -0.2) is 4.98 Å². The van der Waals surface area contributed by atoms with Gasteiger partial charge >= 0.3 is 0 Å². The summed E-state index contributed by atoms with van der Waals surface area (Å²) in [5.41, 5.74) is 1.55. The van der Waals surface area contributed by atoms with E-state index in [1.165, 1.54) is 11.3 Å². The number of aromatic nitrogens is 2. The average Bonchev–Trinajstić information content (AvgIpc) is 3.21. The van der Waals surface area contributed by atoms with E-state index in [0.29, 0.717) is 35.4 Å². The van der Waals surface area contributed by atoms with Gasteiger partial charge in [-0.3, -0.25) is 15.1 Å². The summed E-state index contributed by atoms with van der Waals surface area (Å²) >= 11 is 1.43. The van der Waals surface area contributed by atoms with Gasteiger partial charge < -0.3 is 9.47 Å². The summed E-state index contributed by atoms with van der Waals surface area (Å²) in [6.45, 7) is 1.00. The van der Waals surface area contributed by atoms with Gasteiger partial charge in [0.1, 0.15) is 13.2 Å². The van der Waals surface area contributed by atoms with Crippen molar-refractivity contribution in [2.24, 2.45) is 0 Å². The third-order valence-corrected chi connectivity index (χ3v) is 5.42. The van der Waals surface area contributed by atoms with Gasteiger partial charge in [0.25, 0.3) is 5.91 Å². The molecule has 4 aromatic rings. The van der Waals surface area contributed by atoms with Crippen molar-refractivity contribution in [2.45, 2.75) is 0 Å². The minimum atomic E-state index is -0.234. The molecule has 0 bridgehead atoms. The molecule has 6 nitrogen and oxygen atoms in total. The van der Waals surface area contributed by atoms with Gasteiger partial charge in [0, 0.05) is 29.5 Å². The van der Waals surface area contributed by atoms with E-state index in [-0.39, 0.29) is 5.91 Å². The highest BCUT2D eigenvalue weighted by molar-refractivity contribution is 7.19. The zero-order valence-electron chi connectivity index (χ0n) is 14.7. The molecule has 28 heavy (non-hydrogen) atoms. The molecule has 0 saturated carbocycles. The minimum Gasteiger partial charge on any atom is -0.486 e. The first-order chi connectivity index (χ1) is 13.8. The number of hydrogen-bond acceptors (Lipinski definition) is 6. The van der Waals surface area contributed by atoms with Crippen molar-refractivity contribution in [3.8, 4) is 21.9 Å². The first-order valence-corrected chi connectivity index (χ1v) is 9.59. The SMILES string of the molecule is O=C(Nc1ncc(-c2ccc3cnccc3c2)s1)c1ccc2c(c1)OCCO2. The second kappa shape index (κ2) is 6.94. The Balaban J connectivity index is 1.36. The van der Waals surface area contributed by atoms with E-state index in [4.69, 9.17) is 9.47 Å². The van der Waals surface area contributed by atoms with Gasteiger partial charge in [-0.05, 0) is 41.3 Å². The van der Waals surface area contributed by atoms with Crippen molar-refractivity contribution in [3.05, 3.63) is 66.6 Å². The molecule has 1 aliphatic heterocycles. The van der Waals surface area contributed by atoms with Gasteiger partial charge in [0.2, 0.25) is 0 Å². The highest BCUT2D eigenvalue weighted by Gasteiger charge is 2.16. The van der Waals surface area contributed by atoms with E-state index in [2.05, 4.69) is 21.4 Å². The van der Waals surface area contributed by atoms with Crippen LogP contribution in [0.5, 0.6) is 11.5 Å². The predicted molar refractivity (Wildman–Crippen MR) is 108 cm³/mol. The second-order valence-corrected chi connectivity index (χ2v) is 7.31. The number of nitrogens with one attached hydrogen (secondary N) is 1. The first kappa shape index (κ1) is 16.7. The molecule has 0 fully saturated rings. The molecule has 2 aromatic carbocycles. The molecular formula is C21H15N3O3S. The van der Waals surface area contributed by atoms with Crippen LogP contribution in [0.4, 0.5) is 5.13 Å². The molecule has 0 spiro atoms. The quantitative estimate of drug-likeness (QED) is 0.563. The minimum absolute atomic E-state index is 0.234. The molecule has 0 unspecified atom stereocenters. The lowest BCUT2D eigenvalue weighted by molar-refractivity contribution is 0.102. The fourth-order valence-corrected chi connectivity index (χ4v) is 3.86.